The van der Waals surface area contributed by atoms with Crippen molar-refractivity contribution in [1.82, 2.24) is 10.3 Å². The molecule has 0 unspecified atom stereocenters. The van der Waals surface area contributed by atoms with Gasteiger partial charge in [-0.05, 0) is 25.0 Å². The molecule has 1 aromatic heterocycles. The van der Waals surface area contributed by atoms with Gasteiger partial charge in [-0.3, -0.25) is 4.79 Å². The molecule has 1 amide bonds. The van der Waals surface area contributed by atoms with Crippen molar-refractivity contribution in [2.45, 2.75) is 38.1 Å². The average Bonchev–Trinajstić information content (AvgIpc) is 3.27. The zero-order valence-corrected chi connectivity index (χ0v) is 15.3. The maximum Gasteiger partial charge on any atom is 0.226 e. The van der Waals surface area contributed by atoms with Crippen LogP contribution in [-0.4, -0.2) is 31.2 Å². The van der Waals surface area contributed by atoms with Crippen molar-refractivity contribution in [3.05, 3.63) is 29.3 Å². The molecule has 1 heterocycles. The van der Waals surface area contributed by atoms with Crippen molar-refractivity contribution in [2.75, 3.05) is 19.5 Å². The van der Waals surface area contributed by atoms with Gasteiger partial charge in [0.1, 0.15) is 11.5 Å². The Labute approximate surface area is 151 Å². The summed E-state index contributed by atoms with van der Waals surface area (Å²) in [6.45, 7) is 0. The highest BCUT2D eigenvalue weighted by Crippen LogP contribution is 2.32. The van der Waals surface area contributed by atoms with E-state index in [0.717, 1.165) is 35.1 Å². The zero-order chi connectivity index (χ0) is 17.6. The number of carbonyl (C=O) groups excluding carboxylic acids is 1. The molecule has 6 nitrogen and oxygen atoms in total. The minimum Gasteiger partial charge on any atom is -0.497 e. The summed E-state index contributed by atoms with van der Waals surface area (Å²) >= 11 is 1.46. The van der Waals surface area contributed by atoms with Crippen molar-refractivity contribution in [2.24, 2.45) is 0 Å². The van der Waals surface area contributed by atoms with Crippen LogP contribution in [0.5, 0.6) is 11.5 Å². The maximum atomic E-state index is 12.1. The van der Waals surface area contributed by atoms with E-state index in [1.807, 2.05) is 23.6 Å². The summed E-state index contributed by atoms with van der Waals surface area (Å²) < 4.78 is 10.6. The number of nitrogens with one attached hydrogen (secondary N) is 2. The number of thiazole rings is 1. The van der Waals surface area contributed by atoms with Gasteiger partial charge < -0.3 is 20.1 Å². The van der Waals surface area contributed by atoms with Crippen molar-refractivity contribution < 1.29 is 14.3 Å². The van der Waals surface area contributed by atoms with E-state index in [0.29, 0.717) is 18.2 Å². The number of methoxy groups -OCH3 is 2. The monoisotopic (exact) mass is 361 g/mol. The number of ether oxygens (including phenoxy) is 2. The predicted molar refractivity (Wildman–Crippen MR) is 99.0 cm³/mol. The van der Waals surface area contributed by atoms with Gasteiger partial charge in [-0.25, -0.2) is 4.98 Å². The van der Waals surface area contributed by atoms with Gasteiger partial charge in [0.15, 0.2) is 5.13 Å². The number of hydrogen-bond acceptors (Lipinski definition) is 6. The number of hydrogen-bond donors (Lipinski definition) is 2. The first-order valence-corrected chi connectivity index (χ1v) is 9.28. The molecule has 134 valence electrons. The lowest BCUT2D eigenvalue weighted by atomic mass is 10.2. The Balaban J connectivity index is 1.62. The van der Waals surface area contributed by atoms with Crippen LogP contribution in [0.4, 0.5) is 10.8 Å². The summed E-state index contributed by atoms with van der Waals surface area (Å²) in [4.78, 5) is 16.6. The van der Waals surface area contributed by atoms with Crippen molar-refractivity contribution >= 4 is 28.1 Å². The second-order valence-electron chi connectivity index (χ2n) is 6.06. The number of carbonyl (C=O) groups is 1. The minimum atomic E-state index is 0.0442. The number of aromatic nitrogens is 1. The van der Waals surface area contributed by atoms with Crippen LogP contribution in [-0.2, 0) is 11.2 Å². The molecule has 1 aliphatic rings. The first kappa shape index (κ1) is 17.5. The fraction of sp³-hybridized carbons (Fsp3) is 0.444. The first-order valence-electron chi connectivity index (χ1n) is 8.40. The summed E-state index contributed by atoms with van der Waals surface area (Å²) in [6.07, 6.45) is 4.90. The Morgan fingerprint density at radius 3 is 2.80 bits per heavy atom. The molecule has 25 heavy (non-hydrogen) atoms. The number of benzene rings is 1. The highest BCUT2D eigenvalue weighted by Gasteiger charge is 2.18. The Bertz CT molecular complexity index is 726. The fourth-order valence-corrected chi connectivity index (χ4v) is 3.71. The minimum absolute atomic E-state index is 0.0442. The second-order valence-corrected chi connectivity index (χ2v) is 6.92. The maximum absolute atomic E-state index is 12.1. The summed E-state index contributed by atoms with van der Waals surface area (Å²) in [6, 6.07) is 5.87. The van der Waals surface area contributed by atoms with E-state index in [-0.39, 0.29) is 5.91 Å². The Kier molecular flexibility index (Phi) is 5.75. The summed E-state index contributed by atoms with van der Waals surface area (Å²) in [5.41, 5.74) is 1.54. The van der Waals surface area contributed by atoms with Crippen LogP contribution in [0.3, 0.4) is 0 Å². The number of nitrogens with zero attached hydrogens (tertiary/aromatic N) is 1. The van der Waals surface area contributed by atoms with E-state index in [1.54, 1.807) is 14.2 Å². The van der Waals surface area contributed by atoms with Crippen molar-refractivity contribution in [3.63, 3.8) is 0 Å². The van der Waals surface area contributed by atoms with E-state index in [4.69, 9.17) is 9.47 Å². The Morgan fingerprint density at radius 2 is 2.08 bits per heavy atom. The van der Waals surface area contributed by atoms with Crippen LogP contribution in [0.2, 0.25) is 0 Å². The Morgan fingerprint density at radius 1 is 1.28 bits per heavy atom. The molecule has 3 rings (SSSR count). The van der Waals surface area contributed by atoms with Crippen molar-refractivity contribution in [1.29, 1.82) is 0 Å². The predicted octanol–water partition coefficient (Wildman–Crippen LogP) is 3.51. The van der Waals surface area contributed by atoms with Crippen LogP contribution in [0.25, 0.3) is 0 Å². The molecule has 1 fully saturated rings. The van der Waals surface area contributed by atoms with E-state index in [9.17, 15) is 4.79 Å². The standard InChI is InChI=1S/C18H23N3O3S/c1-23-14-7-8-16(24-2)15(10-14)21-18-20-13(11-25-18)9-17(22)19-12-5-3-4-6-12/h7-8,10-12H,3-6,9H2,1-2H3,(H,19,22)(H,20,21). The Hall–Kier alpha value is -2.28. The molecule has 2 N–H and O–H groups in total. The van der Waals surface area contributed by atoms with E-state index < -0.39 is 0 Å². The van der Waals surface area contributed by atoms with Crippen LogP contribution in [0, 0.1) is 0 Å². The molecule has 0 atom stereocenters. The molecule has 0 radical (unpaired) electrons. The molecular formula is C18H23N3O3S. The molecule has 7 heteroatoms. The highest BCUT2D eigenvalue weighted by molar-refractivity contribution is 7.13. The van der Waals surface area contributed by atoms with Gasteiger partial charge in [-0.1, -0.05) is 12.8 Å². The summed E-state index contributed by atoms with van der Waals surface area (Å²) in [7, 11) is 3.24. The van der Waals surface area contributed by atoms with Gasteiger partial charge in [-0.15, -0.1) is 11.3 Å². The van der Waals surface area contributed by atoms with Crippen LogP contribution in [0.15, 0.2) is 23.6 Å². The van der Waals surface area contributed by atoms with Crippen LogP contribution >= 0.6 is 11.3 Å². The molecule has 0 saturated heterocycles. The van der Waals surface area contributed by atoms with Gasteiger partial charge in [0.05, 0.1) is 32.0 Å². The quantitative estimate of drug-likeness (QED) is 0.790. The van der Waals surface area contributed by atoms with Crippen LogP contribution in [0.1, 0.15) is 31.4 Å². The summed E-state index contributed by atoms with van der Waals surface area (Å²) in [5.74, 6) is 1.48. The smallest absolute Gasteiger partial charge is 0.226 e. The van der Waals surface area contributed by atoms with Gasteiger partial charge in [0.2, 0.25) is 5.91 Å². The second kappa shape index (κ2) is 8.20. The van der Waals surface area contributed by atoms with Gasteiger partial charge in [0.25, 0.3) is 0 Å². The topological polar surface area (TPSA) is 72.5 Å². The lowest BCUT2D eigenvalue weighted by Gasteiger charge is -2.11. The van der Waals surface area contributed by atoms with Gasteiger partial charge in [-0.2, -0.15) is 0 Å². The number of amides is 1. The third kappa shape index (κ3) is 4.63. The van der Waals surface area contributed by atoms with E-state index in [1.165, 1.54) is 24.2 Å². The van der Waals surface area contributed by atoms with Crippen molar-refractivity contribution in [3.8, 4) is 11.5 Å². The SMILES string of the molecule is COc1ccc(OC)c(Nc2nc(CC(=O)NC3CCCC3)cs2)c1. The average molecular weight is 361 g/mol. The molecule has 0 aliphatic heterocycles. The third-order valence-corrected chi connectivity index (χ3v) is 5.07. The first-order chi connectivity index (χ1) is 12.2. The largest absolute Gasteiger partial charge is 0.497 e. The number of rotatable bonds is 7. The third-order valence-electron chi connectivity index (χ3n) is 4.26. The molecule has 1 aliphatic carbocycles. The lowest BCUT2D eigenvalue weighted by molar-refractivity contribution is -0.121. The molecule has 2 aromatic rings. The van der Waals surface area contributed by atoms with Gasteiger partial charge in [0, 0.05) is 17.5 Å². The molecule has 1 aromatic carbocycles. The van der Waals surface area contributed by atoms with E-state index in [2.05, 4.69) is 15.6 Å². The molecule has 0 bridgehead atoms. The lowest BCUT2D eigenvalue weighted by Crippen LogP contribution is -2.33. The normalized spacial score (nSPS) is 14.3. The summed E-state index contributed by atoms with van der Waals surface area (Å²) in [5, 5.41) is 8.95. The van der Waals surface area contributed by atoms with Crippen LogP contribution < -0.4 is 20.1 Å². The highest BCUT2D eigenvalue weighted by atomic mass is 32.1. The van der Waals surface area contributed by atoms with E-state index >= 15 is 0 Å². The number of anilines is 2. The van der Waals surface area contributed by atoms with Gasteiger partial charge >= 0.3 is 0 Å². The molecule has 0 spiro atoms. The molecule has 1 saturated carbocycles. The zero-order valence-electron chi connectivity index (χ0n) is 14.5. The fourth-order valence-electron chi connectivity index (χ4n) is 2.99. The molecular weight excluding hydrogens is 338 g/mol.